The molecule has 2 aromatic rings. The molecule has 2 fully saturated rings. The summed E-state index contributed by atoms with van der Waals surface area (Å²) in [6, 6.07) is 7.94. The number of benzene rings is 1. The quantitative estimate of drug-likeness (QED) is 0.367. The number of terminal acetylenes is 1. The van der Waals surface area contributed by atoms with Gasteiger partial charge in [-0.15, -0.1) is 6.42 Å². The van der Waals surface area contributed by atoms with Crippen molar-refractivity contribution in [3.63, 3.8) is 0 Å². The van der Waals surface area contributed by atoms with Gasteiger partial charge in [0.05, 0.1) is 24.6 Å². The van der Waals surface area contributed by atoms with Gasteiger partial charge in [-0.3, -0.25) is 9.59 Å². The molecule has 2 bridgehead atoms. The first-order valence-electron chi connectivity index (χ1n) is 9.23. The minimum absolute atomic E-state index is 0.164. The second-order valence-electron chi connectivity index (χ2n) is 7.54. The van der Waals surface area contributed by atoms with Gasteiger partial charge in [-0.25, -0.2) is 0 Å². The number of hydrogen-bond donors (Lipinski definition) is 0. The maximum atomic E-state index is 12.8. The number of allylic oxidation sites excluding steroid dienone is 2. The molecule has 1 saturated carbocycles. The van der Waals surface area contributed by atoms with E-state index in [1.165, 1.54) is 0 Å². The highest BCUT2D eigenvalue weighted by Gasteiger charge is 2.59. The first-order chi connectivity index (χ1) is 13.1. The van der Waals surface area contributed by atoms with E-state index in [-0.39, 0.29) is 35.5 Å². The first kappa shape index (κ1) is 16.1. The van der Waals surface area contributed by atoms with Crippen molar-refractivity contribution in [2.24, 2.45) is 28.8 Å². The number of rotatable bonds is 3. The van der Waals surface area contributed by atoms with Crippen LogP contribution in [0.4, 0.5) is 0 Å². The minimum Gasteiger partial charge on any atom is -0.333 e. The predicted octanol–water partition coefficient (Wildman–Crippen LogP) is 2.72. The second-order valence-corrected chi connectivity index (χ2v) is 7.54. The molecule has 2 amide bonds. The Labute approximate surface area is 157 Å². The molecule has 1 aromatic heterocycles. The van der Waals surface area contributed by atoms with Crippen LogP contribution in [-0.2, 0) is 16.1 Å². The van der Waals surface area contributed by atoms with Crippen molar-refractivity contribution in [2.45, 2.75) is 19.9 Å². The van der Waals surface area contributed by atoms with Crippen molar-refractivity contribution in [3.8, 4) is 12.3 Å². The molecule has 5 rings (SSSR count). The molecule has 2 heterocycles. The van der Waals surface area contributed by atoms with E-state index in [1.54, 1.807) is 6.21 Å². The van der Waals surface area contributed by atoms with Gasteiger partial charge in [0.25, 0.3) is 11.8 Å². The number of hydrogen-bond acceptors (Lipinski definition) is 3. The predicted molar refractivity (Wildman–Crippen MR) is 103 cm³/mol. The third kappa shape index (κ3) is 2.10. The third-order valence-electron chi connectivity index (χ3n) is 6.28. The second kappa shape index (κ2) is 5.68. The molecule has 1 aliphatic heterocycles. The van der Waals surface area contributed by atoms with Gasteiger partial charge in [0, 0.05) is 22.2 Å². The van der Waals surface area contributed by atoms with Crippen LogP contribution < -0.4 is 0 Å². The lowest BCUT2D eigenvalue weighted by atomic mass is 9.85. The highest BCUT2D eigenvalue weighted by molar-refractivity contribution is 6.08. The Balaban J connectivity index is 1.52. The van der Waals surface area contributed by atoms with E-state index in [4.69, 9.17) is 6.42 Å². The Bertz CT molecular complexity index is 1050. The van der Waals surface area contributed by atoms with Gasteiger partial charge in [-0.05, 0) is 31.2 Å². The molecule has 0 spiro atoms. The number of hydrazone groups is 1. The summed E-state index contributed by atoms with van der Waals surface area (Å²) >= 11 is 0. The van der Waals surface area contributed by atoms with E-state index in [0.717, 1.165) is 33.6 Å². The topological polar surface area (TPSA) is 54.7 Å². The molecule has 3 aliphatic rings. The van der Waals surface area contributed by atoms with E-state index >= 15 is 0 Å². The molecule has 27 heavy (non-hydrogen) atoms. The van der Waals surface area contributed by atoms with Gasteiger partial charge in [0.1, 0.15) is 0 Å². The summed E-state index contributed by atoms with van der Waals surface area (Å²) in [6.45, 7) is 2.44. The number of fused-ring (bicyclic) bond motifs is 6. The molecular weight excluding hydrogens is 338 g/mol. The summed E-state index contributed by atoms with van der Waals surface area (Å²) in [6.07, 6.45) is 12.2. The maximum Gasteiger partial charge on any atom is 0.254 e. The third-order valence-corrected chi connectivity index (χ3v) is 6.28. The van der Waals surface area contributed by atoms with Gasteiger partial charge in [-0.2, -0.15) is 10.1 Å². The number of aromatic nitrogens is 1. The molecule has 2 aliphatic carbocycles. The van der Waals surface area contributed by atoms with Gasteiger partial charge in [0.15, 0.2) is 0 Å². The zero-order valence-corrected chi connectivity index (χ0v) is 15.0. The van der Waals surface area contributed by atoms with Crippen LogP contribution in [0.2, 0.25) is 0 Å². The summed E-state index contributed by atoms with van der Waals surface area (Å²) in [5.74, 6) is 2.28. The van der Waals surface area contributed by atoms with Crippen LogP contribution in [0.15, 0.2) is 41.5 Å². The van der Waals surface area contributed by atoms with Crippen LogP contribution in [0.25, 0.3) is 10.9 Å². The van der Waals surface area contributed by atoms with Crippen molar-refractivity contribution in [1.82, 2.24) is 9.58 Å². The number of carbonyl (C=O) groups is 2. The fourth-order valence-corrected chi connectivity index (χ4v) is 5.03. The minimum atomic E-state index is -0.228. The lowest BCUT2D eigenvalue weighted by Gasteiger charge is -2.13. The summed E-state index contributed by atoms with van der Waals surface area (Å²) in [4.78, 5) is 25.6. The fourth-order valence-electron chi connectivity index (χ4n) is 5.03. The van der Waals surface area contributed by atoms with Crippen LogP contribution in [0.5, 0.6) is 0 Å². The smallest absolute Gasteiger partial charge is 0.254 e. The Kier molecular flexibility index (Phi) is 3.38. The molecule has 0 N–H and O–H groups in total. The molecular formula is C22H19N3O2. The molecule has 4 atom stereocenters. The zero-order chi connectivity index (χ0) is 18.7. The van der Waals surface area contributed by atoms with Crippen LogP contribution in [0, 0.1) is 42.9 Å². The summed E-state index contributed by atoms with van der Waals surface area (Å²) in [7, 11) is 0. The zero-order valence-electron chi connectivity index (χ0n) is 15.0. The average Bonchev–Trinajstić information content (AvgIpc) is 3.40. The molecule has 5 heteroatoms. The summed E-state index contributed by atoms with van der Waals surface area (Å²) in [5.41, 5.74) is 2.88. The van der Waals surface area contributed by atoms with E-state index in [2.05, 4.69) is 23.2 Å². The molecule has 1 saturated heterocycles. The Morgan fingerprint density at radius 1 is 1.19 bits per heavy atom. The SMILES string of the molecule is C#CCn1c(C)c(/C=N\N2C(=O)[C@@H]3[C@H](C2=O)[C@H]2C=C[C@H]3C2)c2ccccc21. The van der Waals surface area contributed by atoms with E-state index in [9.17, 15) is 9.59 Å². The van der Waals surface area contributed by atoms with Crippen molar-refractivity contribution in [1.29, 1.82) is 0 Å². The Morgan fingerprint density at radius 2 is 1.85 bits per heavy atom. The van der Waals surface area contributed by atoms with Crippen LogP contribution in [0.1, 0.15) is 17.7 Å². The normalized spacial score (nSPS) is 28.7. The number of para-hydroxylation sites is 1. The summed E-state index contributed by atoms with van der Waals surface area (Å²) in [5, 5.41) is 6.44. The van der Waals surface area contributed by atoms with Gasteiger partial charge in [0.2, 0.25) is 0 Å². The van der Waals surface area contributed by atoms with Crippen LogP contribution >= 0.6 is 0 Å². The van der Waals surface area contributed by atoms with Gasteiger partial charge < -0.3 is 4.57 Å². The van der Waals surface area contributed by atoms with Crippen molar-refractivity contribution in [2.75, 3.05) is 0 Å². The van der Waals surface area contributed by atoms with Gasteiger partial charge >= 0.3 is 0 Å². The first-order valence-corrected chi connectivity index (χ1v) is 9.23. The number of nitrogens with zero attached hydrogens (tertiary/aromatic N) is 3. The lowest BCUT2D eigenvalue weighted by molar-refractivity contribution is -0.140. The molecule has 1 aromatic carbocycles. The lowest BCUT2D eigenvalue weighted by Crippen LogP contribution is -2.28. The monoisotopic (exact) mass is 357 g/mol. The molecule has 134 valence electrons. The van der Waals surface area contributed by atoms with Crippen molar-refractivity contribution < 1.29 is 9.59 Å². The molecule has 5 nitrogen and oxygen atoms in total. The van der Waals surface area contributed by atoms with Crippen LogP contribution in [0.3, 0.4) is 0 Å². The number of imide groups is 1. The number of carbonyl (C=O) groups excluding carboxylic acids is 2. The molecule has 0 unspecified atom stereocenters. The van der Waals surface area contributed by atoms with Crippen molar-refractivity contribution >= 4 is 28.9 Å². The Morgan fingerprint density at radius 3 is 2.52 bits per heavy atom. The van der Waals surface area contributed by atoms with E-state index < -0.39 is 0 Å². The van der Waals surface area contributed by atoms with Gasteiger partial charge in [-0.1, -0.05) is 36.3 Å². The van der Waals surface area contributed by atoms with E-state index in [0.29, 0.717) is 6.54 Å². The fraction of sp³-hybridized carbons (Fsp3) is 0.318. The highest BCUT2D eigenvalue weighted by Crippen LogP contribution is 2.52. The largest absolute Gasteiger partial charge is 0.333 e. The molecule has 0 radical (unpaired) electrons. The van der Waals surface area contributed by atoms with E-state index in [1.807, 2.05) is 35.8 Å². The standard InChI is InChI=1S/C22H19N3O2/c1-3-10-24-13(2)17(16-6-4-5-7-18(16)24)12-23-25-21(26)19-14-8-9-15(11-14)20(19)22(25)27/h1,4-9,12,14-15,19-20H,10-11H2,2H3/b23-12-/t14-,15-,19-,20+/m0/s1. The highest BCUT2D eigenvalue weighted by atomic mass is 16.2. The number of amides is 2. The average molecular weight is 357 g/mol. The maximum absolute atomic E-state index is 12.8. The van der Waals surface area contributed by atoms with Crippen molar-refractivity contribution in [3.05, 3.63) is 47.7 Å². The van der Waals surface area contributed by atoms with Crippen LogP contribution in [-0.4, -0.2) is 27.6 Å². The Hall–Kier alpha value is -3.13. The summed E-state index contributed by atoms with van der Waals surface area (Å²) < 4.78 is 2.04.